The summed E-state index contributed by atoms with van der Waals surface area (Å²) in [6.07, 6.45) is 0.0227. The highest BCUT2D eigenvalue weighted by molar-refractivity contribution is 7.10. The van der Waals surface area contributed by atoms with Crippen LogP contribution in [0.2, 0.25) is 0 Å². The van der Waals surface area contributed by atoms with Gasteiger partial charge in [-0.15, -0.1) is 11.3 Å². The van der Waals surface area contributed by atoms with Gasteiger partial charge in [-0.2, -0.15) is 15.0 Å². The minimum absolute atomic E-state index is 0.0227. The second-order valence-corrected chi connectivity index (χ2v) is 5.56. The van der Waals surface area contributed by atoms with Crippen LogP contribution in [0.4, 0.5) is 11.9 Å². The van der Waals surface area contributed by atoms with Crippen molar-refractivity contribution in [3.05, 3.63) is 21.9 Å². The Morgan fingerprint density at radius 2 is 2.00 bits per heavy atom. The Bertz CT molecular complexity index is 570. The van der Waals surface area contributed by atoms with E-state index in [1.165, 1.54) is 10.4 Å². The van der Waals surface area contributed by atoms with Gasteiger partial charge in [0.05, 0.1) is 12.6 Å². The lowest BCUT2D eigenvalue weighted by atomic mass is 10.3. The normalized spacial score (nSPS) is 10.7. The van der Waals surface area contributed by atoms with Crippen LogP contribution in [-0.4, -0.2) is 28.1 Å². The molecule has 2 aromatic rings. The van der Waals surface area contributed by atoms with Crippen LogP contribution in [0, 0.1) is 6.92 Å². The molecule has 2 N–H and O–H groups in total. The van der Waals surface area contributed by atoms with Crippen molar-refractivity contribution in [1.29, 1.82) is 0 Å². The van der Waals surface area contributed by atoms with Crippen molar-refractivity contribution in [1.82, 2.24) is 15.0 Å². The summed E-state index contributed by atoms with van der Waals surface area (Å²) in [5, 5.41) is 8.19. The van der Waals surface area contributed by atoms with E-state index < -0.39 is 0 Å². The van der Waals surface area contributed by atoms with Gasteiger partial charge in [0.2, 0.25) is 11.9 Å². The van der Waals surface area contributed by atoms with Gasteiger partial charge in [-0.25, -0.2) is 0 Å². The number of rotatable bonds is 6. The van der Waals surface area contributed by atoms with Crippen molar-refractivity contribution < 1.29 is 4.74 Å². The Balaban J connectivity index is 2.12. The molecule has 0 aromatic carbocycles. The van der Waals surface area contributed by atoms with Gasteiger partial charge in [0.25, 0.3) is 0 Å². The molecule has 0 saturated heterocycles. The Hall–Kier alpha value is -1.89. The van der Waals surface area contributed by atoms with E-state index in [2.05, 4.69) is 44.0 Å². The largest absolute Gasteiger partial charge is 0.461 e. The number of anilines is 2. The average molecular weight is 293 g/mol. The van der Waals surface area contributed by atoms with Gasteiger partial charge < -0.3 is 15.4 Å². The Morgan fingerprint density at radius 3 is 2.60 bits per heavy atom. The third-order valence-corrected chi connectivity index (χ3v) is 3.58. The number of thiophene rings is 1. The maximum atomic E-state index is 5.52. The van der Waals surface area contributed by atoms with Crippen molar-refractivity contribution in [2.24, 2.45) is 0 Å². The van der Waals surface area contributed by atoms with Gasteiger partial charge in [-0.3, -0.25) is 0 Å². The molecule has 0 spiro atoms. The molecule has 2 heterocycles. The van der Waals surface area contributed by atoms with Crippen molar-refractivity contribution in [3.8, 4) is 6.01 Å². The van der Waals surface area contributed by atoms with E-state index in [9.17, 15) is 0 Å². The van der Waals surface area contributed by atoms with Gasteiger partial charge in [0.15, 0.2) is 0 Å². The summed E-state index contributed by atoms with van der Waals surface area (Å²) >= 11 is 1.71. The van der Waals surface area contributed by atoms with E-state index in [1.54, 1.807) is 18.4 Å². The zero-order chi connectivity index (χ0) is 14.5. The van der Waals surface area contributed by atoms with Gasteiger partial charge in [0, 0.05) is 11.9 Å². The zero-order valence-corrected chi connectivity index (χ0v) is 12.9. The summed E-state index contributed by atoms with van der Waals surface area (Å²) in [6.45, 7) is 6.65. The van der Waals surface area contributed by atoms with Crippen LogP contribution in [0.1, 0.15) is 24.3 Å². The number of nitrogens with zero attached hydrogens (tertiary/aromatic N) is 3. The number of nitrogens with one attached hydrogen (secondary N) is 2. The lowest BCUT2D eigenvalue weighted by molar-refractivity contribution is 0.222. The molecule has 0 fully saturated rings. The predicted octanol–water partition coefficient (Wildman–Crippen LogP) is 2.68. The molecule has 0 aliphatic rings. The number of ether oxygens (including phenoxy) is 1. The van der Waals surface area contributed by atoms with Crippen LogP contribution in [0.15, 0.2) is 11.4 Å². The molecule has 0 bridgehead atoms. The number of aromatic nitrogens is 3. The number of aryl methyl sites for hydroxylation is 1. The molecule has 108 valence electrons. The molecular weight excluding hydrogens is 274 g/mol. The molecule has 6 nitrogen and oxygen atoms in total. The van der Waals surface area contributed by atoms with Gasteiger partial charge >= 0.3 is 6.01 Å². The van der Waals surface area contributed by atoms with Crippen LogP contribution < -0.4 is 15.4 Å². The molecule has 7 heteroatoms. The summed E-state index contributed by atoms with van der Waals surface area (Å²) < 4.78 is 5.52. The first-order valence-corrected chi connectivity index (χ1v) is 7.33. The SMILES string of the molecule is CNc1nc(NCc2sccc2C)nc(OC(C)C)n1. The molecule has 0 atom stereocenters. The standard InChI is InChI=1S/C13H19N5OS/c1-8(2)19-13-17-11(14-4)16-12(18-13)15-7-10-9(3)5-6-20-10/h5-6,8H,7H2,1-4H3,(H2,14,15,16,17,18). The Labute approximate surface area is 122 Å². The maximum absolute atomic E-state index is 5.52. The molecule has 0 unspecified atom stereocenters. The van der Waals surface area contributed by atoms with Gasteiger partial charge in [0.1, 0.15) is 0 Å². The van der Waals surface area contributed by atoms with Crippen molar-refractivity contribution in [2.75, 3.05) is 17.7 Å². The minimum Gasteiger partial charge on any atom is -0.461 e. The fraction of sp³-hybridized carbons (Fsp3) is 0.462. The Morgan fingerprint density at radius 1 is 1.25 bits per heavy atom. The molecule has 2 aromatic heterocycles. The van der Waals surface area contributed by atoms with E-state index in [0.29, 0.717) is 24.5 Å². The first-order chi connectivity index (χ1) is 9.58. The molecule has 0 amide bonds. The highest BCUT2D eigenvalue weighted by Gasteiger charge is 2.08. The maximum Gasteiger partial charge on any atom is 0.323 e. The zero-order valence-electron chi connectivity index (χ0n) is 12.1. The van der Waals surface area contributed by atoms with E-state index in [4.69, 9.17) is 4.74 Å². The van der Waals surface area contributed by atoms with Crippen LogP contribution in [0.5, 0.6) is 6.01 Å². The van der Waals surface area contributed by atoms with E-state index in [1.807, 2.05) is 13.8 Å². The third-order valence-electron chi connectivity index (χ3n) is 2.55. The van der Waals surface area contributed by atoms with Crippen LogP contribution in [0.3, 0.4) is 0 Å². The quantitative estimate of drug-likeness (QED) is 0.853. The summed E-state index contributed by atoms with van der Waals surface area (Å²) in [5.41, 5.74) is 1.27. The topological polar surface area (TPSA) is 72.0 Å². The van der Waals surface area contributed by atoms with Crippen molar-refractivity contribution in [3.63, 3.8) is 0 Å². The highest BCUT2D eigenvalue weighted by atomic mass is 32.1. The third kappa shape index (κ3) is 3.80. The molecule has 20 heavy (non-hydrogen) atoms. The molecule has 0 aliphatic carbocycles. The summed E-state index contributed by atoms with van der Waals surface area (Å²) in [6, 6.07) is 2.42. The minimum atomic E-state index is 0.0227. The molecule has 2 rings (SSSR count). The molecule has 0 saturated carbocycles. The monoisotopic (exact) mass is 293 g/mol. The second kappa shape index (κ2) is 6.51. The van der Waals surface area contributed by atoms with Gasteiger partial charge in [-0.05, 0) is 37.8 Å². The van der Waals surface area contributed by atoms with Crippen LogP contribution >= 0.6 is 11.3 Å². The van der Waals surface area contributed by atoms with E-state index in [-0.39, 0.29) is 6.10 Å². The molecule has 0 radical (unpaired) electrons. The summed E-state index contributed by atoms with van der Waals surface area (Å²) in [7, 11) is 1.77. The lowest BCUT2D eigenvalue weighted by Gasteiger charge is -2.11. The fourth-order valence-electron chi connectivity index (χ4n) is 1.56. The van der Waals surface area contributed by atoms with Crippen LogP contribution in [-0.2, 0) is 6.54 Å². The van der Waals surface area contributed by atoms with Crippen molar-refractivity contribution in [2.45, 2.75) is 33.4 Å². The summed E-state index contributed by atoms with van der Waals surface area (Å²) in [5.74, 6) is 0.994. The van der Waals surface area contributed by atoms with E-state index in [0.717, 1.165) is 0 Å². The molecular formula is C13H19N5OS. The smallest absolute Gasteiger partial charge is 0.323 e. The predicted molar refractivity (Wildman–Crippen MR) is 81.5 cm³/mol. The first kappa shape index (κ1) is 14.5. The highest BCUT2D eigenvalue weighted by Crippen LogP contribution is 2.18. The van der Waals surface area contributed by atoms with Gasteiger partial charge in [-0.1, -0.05) is 0 Å². The summed E-state index contributed by atoms with van der Waals surface area (Å²) in [4.78, 5) is 14.0. The second-order valence-electron chi connectivity index (χ2n) is 4.56. The number of hydrogen-bond donors (Lipinski definition) is 2. The Kier molecular flexibility index (Phi) is 4.73. The van der Waals surface area contributed by atoms with Crippen LogP contribution in [0.25, 0.3) is 0 Å². The fourth-order valence-corrected chi connectivity index (χ4v) is 2.40. The first-order valence-electron chi connectivity index (χ1n) is 6.46. The molecule has 0 aliphatic heterocycles. The van der Waals surface area contributed by atoms with E-state index >= 15 is 0 Å². The van der Waals surface area contributed by atoms with Crippen molar-refractivity contribution >= 4 is 23.2 Å². The number of hydrogen-bond acceptors (Lipinski definition) is 7. The lowest BCUT2D eigenvalue weighted by Crippen LogP contribution is -2.12. The average Bonchev–Trinajstić information content (AvgIpc) is 2.81.